The van der Waals surface area contributed by atoms with Gasteiger partial charge in [0.05, 0.1) is 19.6 Å². The molecular formula is C12H20O6. The summed E-state index contributed by atoms with van der Waals surface area (Å²) in [4.78, 5) is 34.7. The molecule has 104 valence electrons. The van der Waals surface area contributed by atoms with Crippen LogP contribution in [0.2, 0.25) is 0 Å². The van der Waals surface area contributed by atoms with Crippen LogP contribution in [0.5, 0.6) is 0 Å². The van der Waals surface area contributed by atoms with Crippen molar-refractivity contribution < 1.29 is 29.0 Å². The summed E-state index contributed by atoms with van der Waals surface area (Å²) in [6.45, 7) is 5.00. The third-order valence-corrected chi connectivity index (χ3v) is 2.26. The normalized spacial score (nSPS) is 13.6. The molecule has 0 aliphatic carbocycles. The summed E-state index contributed by atoms with van der Waals surface area (Å²) in [5, 5.41) is 10.1. The van der Waals surface area contributed by atoms with E-state index in [0.717, 1.165) is 0 Å². The minimum atomic E-state index is -2.43. The predicted molar refractivity (Wildman–Crippen MR) is 62.7 cm³/mol. The monoisotopic (exact) mass is 260 g/mol. The van der Waals surface area contributed by atoms with E-state index in [1.54, 1.807) is 20.8 Å². The van der Waals surface area contributed by atoms with Crippen LogP contribution >= 0.6 is 0 Å². The van der Waals surface area contributed by atoms with Gasteiger partial charge in [0, 0.05) is 6.42 Å². The van der Waals surface area contributed by atoms with Gasteiger partial charge < -0.3 is 14.6 Å². The van der Waals surface area contributed by atoms with Gasteiger partial charge in [-0.15, -0.1) is 0 Å². The maximum Gasteiger partial charge on any atom is 0.346 e. The SMILES string of the molecule is CCCC(=O)C(O)(CC(=O)OCC)C(=O)OCC. The highest BCUT2D eigenvalue weighted by atomic mass is 16.6. The standard InChI is InChI=1S/C12H20O6/c1-4-7-9(13)12(16,11(15)18-6-3)8-10(14)17-5-2/h16H,4-8H2,1-3H3. The minimum Gasteiger partial charge on any atom is -0.466 e. The smallest absolute Gasteiger partial charge is 0.346 e. The molecule has 6 heteroatoms. The van der Waals surface area contributed by atoms with Crippen LogP contribution in [0.15, 0.2) is 0 Å². The lowest BCUT2D eigenvalue weighted by Gasteiger charge is -2.23. The van der Waals surface area contributed by atoms with Crippen LogP contribution in [0.25, 0.3) is 0 Å². The number of carbonyl (C=O) groups excluding carboxylic acids is 3. The van der Waals surface area contributed by atoms with Crippen LogP contribution in [0, 0.1) is 0 Å². The van der Waals surface area contributed by atoms with Gasteiger partial charge in [-0.3, -0.25) is 9.59 Å². The number of carbonyl (C=O) groups is 3. The van der Waals surface area contributed by atoms with E-state index in [9.17, 15) is 19.5 Å². The fourth-order valence-corrected chi connectivity index (χ4v) is 1.39. The van der Waals surface area contributed by atoms with Gasteiger partial charge in [0.15, 0.2) is 5.78 Å². The highest BCUT2D eigenvalue weighted by molar-refractivity contribution is 6.09. The first kappa shape index (κ1) is 16.6. The molecule has 0 heterocycles. The quantitative estimate of drug-likeness (QED) is 0.508. The summed E-state index contributed by atoms with van der Waals surface area (Å²) in [6.07, 6.45) is -0.253. The highest BCUT2D eigenvalue weighted by Gasteiger charge is 2.46. The van der Waals surface area contributed by atoms with Crippen molar-refractivity contribution in [1.82, 2.24) is 0 Å². The molecule has 0 bridgehead atoms. The van der Waals surface area contributed by atoms with E-state index in [2.05, 4.69) is 9.47 Å². The fourth-order valence-electron chi connectivity index (χ4n) is 1.39. The second-order valence-electron chi connectivity index (χ2n) is 3.74. The number of rotatable bonds is 8. The summed E-state index contributed by atoms with van der Waals surface area (Å²) >= 11 is 0. The topological polar surface area (TPSA) is 89.9 Å². The third-order valence-electron chi connectivity index (χ3n) is 2.26. The van der Waals surface area contributed by atoms with Crippen molar-refractivity contribution in [2.45, 2.75) is 45.6 Å². The summed E-state index contributed by atoms with van der Waals surface area (Å²) in [5.41, 5.74) is -2.43. The van der Waals surface area contributed by atoms with E-state index in [0.29, 0.717) is 6.42 Å². The van der Waals surface area contributed by atoms with Crippen LogP contribution in [0.4, 0.5) is 0 Å². The Hall–Kier alpha value is -1.43. The van der Waals surface area contributed by atoms with Gasteiger partial charge in [-0.1, -0.05) is 6.92 Å². The molecule has 0 aliphatic rings. The number of Topliss-reactive ketones (excluding diaryl/α,β-unsaturated/α-hetero) is 1. The first-order valence-electron chi connectivity index (χ1n) is 6.00. The zero-order chi connectivity index (χ0) is 14.2. The molecule has 0 amide bonds. The summed E-state index contributed by atoms with van der Waals surface area (Å²) in [5.74, 6) is -2.63. The lowest BCUT2D eigenvalue weighted by Crippen LogP contribution is -2.49. The number of esters is 2. The summed E-state index contributed by atoms with van der Waals surface area (Å²) in [6, 6.07) is 0. The van der Waals surface area contributed by atoms with Crippen molar-refractivity contribution >= 4 is 17.7 Å². The first-order chi connectivity index (χ1) is 8.42. The lowest BCUT2D eigenvalue weighted by atomic mass is 9.91. The molecule has 0 aromatic rings. The molecule has 0 rings (SSSR count). The lowest BCUT2D eigenvalue weighted by molar-refractivity contribution is -0.176. The van der Waals surface area contributed by atoms with E-state index in [4.69, 9.17) is 0 Å². The van der Waals surface area contributed by atoms with Crippen LogP contribution < -0.4 is 0 Å². The van der Waals surface area contributed by atoms with Gasteiger partial charge in [0.1, 0.15) is 0 Å². The van der Waals surface area contributed by atoms with Crippen LogP contribution in [0.1, 0.15) is 40.0 Å². The molecule has 1 atom stereocenters. The molecule has 6 nitrogen and oxygen atoms in total. The molecule has 18 heavy (non-hydrogen) atoms. The van der Waals surface area contributed by atoms with Crippen molar-refractivity contribution in [3.63, 3.8) is 0 Å². The van der Waals surface area contributed by atoms with Gasteiger partial charge in [-0.05, 0) is 20.3 Å². The second-order valence-corrected chi connectivity index (χ2v) is 3.74. The highest BCUT2D eigenvalue weighted by Crippen LogP contribution is 2.18. The van der Waals surface area contributed by atoms with Crippen molar-refractivity contribution in [2.75, 3.05) is 13.2 Å². The predicted octanol–water partition coefficient (Wildman–Crippen LogP) is 0.603. The Morgan fingerprint density at radius 3 is 2.06 bits per heavy atom. The Morgan fingerprint density at radius 1 is 1.06 bits per heavy atom. The summed E-state index contributed by atoms with van der Waals surface area (Å²) < 4.78 is 9.27. The average molecular weight is 260 g/mol. The fraction of sp³-hybridized carbons (Fsp3) is 0.750. The maximum atomic E-state index is 11.8. The van der Waals surface area contributed by atoms with Crippen LogP contribution in [0.3, 0.4) is 0 Å². The van der Waals surface area contributed by atoms with Crippen LogP contribution in [-0.4, -0.2) is 41.6 Å². The number of ether oxygens (including phenoxy) is 2. The van der Waals surface area contributed by atoms with Gasteiger partial charge in [0.2, 0.25) is 5.60 Å². The van der Waals surface area contributed by atoms with Gasteiger partial charge >= 0.3 is 11.9 Å². The number of ketones is 1. The zero-order valence-electron chi connectivity index (χ0n) is 11.0. The molecule has 0 saturated heterocycles. The van der Waals surface area contributed by atoms with E-state index >= 15 is 0 Å². The number of hydrogen-bond donors (Lipinski definition) is 1. The van der Waals surface area contributed by atoms with E-state index < -0.39 is 29.7 Å². The Labute approximate surface area is 106 Å². The van der Waals surface area contributed by atoms with Crippen LogP contribution in [-0.2, 0) is 23.9 Å². The summed E-state index contributed by atoms with van der Waals surface area (Å²) in [7, 11) is 0. The van der Waals surface area contributed by atoms with E-state index in [1.807, 2.05) is 0 Å². The molecular weight excluding hydrogens is 240 g/mol. The Morgan fingerprint density at radius 2 is 1.61 bits per heavy atom. The number of hydrogen-bond acceptors (Lipinski definition) is 6. The molecule has 0 aromatic heterocycles. The Balaban J connectivity index is 4.96. The maximum absolute atomic E-state index is 11.8. The van der Waals surface area contributed by atoms with Gasteiger partial charge in [-0.25, -0.2) is 4.79 Å². The Bertz CT molecular complexity index is 292. The minimum absolute atomic E-state index is 0.00524. The molecule has 0 saturated carbocycles. The molecule has 0 aliphatic heterocycles. The van der Waals surface area contributed by atoms with Crippen molar-refractivity contribution in [3.8, 4) is 0 Å². The zero-order valence-corrected chi connectivity index (χ0v) is 11.0. The third kappa shape index (κ3) is 4.44. The number of aliphatic hydroxyl groups is 1. The van der Waals surface area contributed by atoms with Crippen molar-refractivity contribution in [2.24, 2.45) is 0 Å². The van der Waals surface area contributed by atoms with Gasteiger partial charge in [-0.2, -0.15) is 0 Å². The van der Waals surface area contributed by atoms with E-state index in [1.165, 1.54) is 0 Å². The van der Waals surface area contributed by atoms with E-state index in [-0.39, 0.29) is 19.6 Å². The largest absolute Gasteiger partial charge is 0.466 e. The molecule has 0 fully saturated rings. The van der Waals surface area contributed by atoms with Gasteiger partial charge in [0.25, 0.3) is 0 Å². The molecule has 0 spiro atoms. The molecule has 0 radical (unpaired) electrons. The Kier molecular flexibility index (Phi) is 7.19. The second kappa shape index (κ2) is 7.81. The van der Waals surface area contributed by atoms with Crippen molar-refractivity contribution in [3.05, 3.63) is 0 Å². The van der Waals surface area contributed by atoms with Crippen molar-refractivity contribution in [1.29, 1.82) is 0 Å². The molecule has 1 N–H and O–H groups in total. The molecule has 1 unspecified atom stereocenters. The first-order valence-corrected chi connectivity index (χ1v) is 6.00. The molecule has 0 aromatic carbocycles. The average Bonchev–Trinajstić information content (AvgIpc) is 2.29.